The second kappa shape index (κ2) is 7.51. The van der Waals surface area contributed by atoms with Gasteiger partial charge in [-0.3, -0.25) is 14.4 Å². The molecule has 0 aromatic carbocycles. The van der Waals surface area contributed by atoms with Gasteiger partial charge in [0.05, 0.1) is 18.4 Å². The van der Waals surface area contributed by atoms with Crippen LogP contribution in [0.5, 0.6) is 0 Å². The highest BCUT2D eigenvalue weighted by Gasteiger charge is 2.09. The minimum atomic E-state index is -0.407. The Balaban J connectivity index is 2.00. The maximum atomic E-state index is 11.8. The van der Waals surface area contributed by atoms with Crippen LogP contribution in [0.2, 0.25) is 0 Å². The molecular weight excluding hydrogens is 306 g/mol. The molecule has 0 fully saturated rings. The average molecular weight is 321 g/mol. The maximum Gasteiger partial charge on any atom is 0.307 e. The van der Waals surface area contributed by atoms with E-state index in [9.17, 15) is 14.4 Å². The van der Waals surface area contributed by atoms with Crippen molar-refractivity contribution < 1.29 is 14.3 Å². The number of hydrogen-bond acceptors (Lipinski definition) is 6. The molecule has 2 rings (SSSR count). The highest BCUT2D eigenvalue weighted by Crippen LogP contribution is 2.20. The molecular formula is C14H15N3O4S. The zero-order valence-corrected chi connectivity index (χ0v) is 12.8. The van der Waals surface area contributed by atoms with Crippen molar-refractivity contribution >= 4 is 23.2 Å². The minimum absolute atomic E-state index is 0.0831. The lowest BCUT2D eigenvalue weighted by atomic mass is 10.3. The first kappa shape index (κ1) is 15.9. The summed E-state index contributed by atoms with van der Waals surface area (Å²) in [6, 6.07) is 6.78. The molecule has 8 heteroatoms. The van der Waals surface area contributed by atoms with E-state index in [0.717, 1.165) is 9.56 Å². The number of amides is 1. The SMILES string of the molecule is COC(=O)CCNC(=O)Cn1nc(-c2cccs2)ccc1=O. The van der Waals surface area contributed by atoms with Crippen molar-refractivity contribution in [1.82, 2.24) is 15.1 Å². The van der Waals surface area contributed by atoms with Gasteiger partial charge in [-0.15, -0.1) is 11.3 Å². The second-order valence-corrected chi connectivity index (χ2v) is 5.32. The van der Waals surface area contributed by atoms with Crippen molar-refractivity contribution in [3.63, 3.8) is 0 Å². The molecule has 22 heavy (non-hydrogen) atoms. The van der Waals surface area contributed by atoms with Crippen molar-refractivity contribution in [3.8, 4) is 10.6 Å². The topological polar surface area (TPSA) is 90.3 Å². The van der Waals surface area contributed by atoms with Crippen LogP contribution in [-0.4, -0.2) is 35.3 Å². The molecule has 0 saturated heterocycles. The fourth-order valence-corrected chi connectivity index (χ4v) is 2.41. The van der Waals surface area contributed by atoms with Gasteiger partial charge >= 0.3 is 5.97 Å². The number of aromatic nitrogens is 2. The van der Waals surface area contributed by atoms with Crippen molar-refractivity contribution in [2.45, 2.75) is 13.0 Å². The number of ether oxygens (including phenoxy) is 1. The summed E-state index contributed by atoms with van der Waals surface area (Å²) in [5.41, 5.74) is 0.278. The molecule has 1 amide bonds. The van der Waals surface area contributed by atoms with Gasteiger partial charge in [-0.25, -0.2) is 4.68 Å². The van der Waals surface area contributed by atoms with Crippen molar-refractivity contribution in [2.75, 3.05) is 13.7 Å². The van der Waals surface area contributed by atoms with Gasteiger partial charge in [0, 0.05) is 12.6 Å². The zero-order valence-electron chi connectivity index (χ0n) is 11.9. The highest BCUT2D eigenvalue weighted by atomic mass is 32.1. The van der Waals surface area contributed by atoms with Gasteiger partial charge in [0.1, 0.15) is 12.2 Å². The predicted molar refractivity (Wildman–Crippen MR) is 81.5 cm³/mol. The molecule has 0 saturated carbocycles. The van der Waals surface area contributed by atoms with E-state index < -0.39 is 5.97 Å². The molecule has 0 aliphatic rings. The molecule has 0 bridgehead atoms. The van der Waals surface area contributed by atoms with Crippen LogP contribution in [-0.2, 0) is 20.9 Å². The number of carbonyl (C=O) groups excluding carboxylic acids is 2. The summed E-state index contributed by atoms with van der Waals surface area (Å²) >= 11 is 1.50. The molecule has 2 aromatic heterocycles. The molecule has 1 N–H and O–H groups in total. The van der Waals surface area contributed by atoms with Crippen LogP contribution in [0, 0.1) is 0 Å². The van der Waals surface area contributed by atoms with Crippen LogP contribution in [0.4, 0.5) is 0 Å². The Morgan fingerprint density at radius 1 is 1.36 bits per heavy atom. The molecule has 0 unspecified atom stereocenters. The lowest BCUT2D eigenvalue weighted by Gasteiger charge is -2.07. The molecule has 116 valence electrons. The van der Waals surface area contributed by atoms with Gasteiger partial charge < -0.3 is 10.1 Å². The second-order valence-electron chi connectivity index (χ2n) is 4.37. The maximum absolute atomic E-state index is 11.8. The molecule has 2 aromatic rings. The Morgan fingerprint density at radius 3 is 2.86 bits per heavy atom. The van der Waals surface area contributed by atoms with E-state index in [4.69, 9.17) is 0 Å². The third kappa shape index (κ3) is 4.26. The Morgan fingerprint density at radius 2 is 2.18 bits per heavy atom. The summed E-state index contributed by atoms with van der Waals surface area (Å²) in [7, 11) is 1.28. The van der Waals surface area contributed by atoms with Gasteiger partial charge in [0.25, 0.3) is 5.56 Å². The fourth-order valence-electron chi connectivity index (χ4n) is 1.72. The number of carbonyl (C=O) groups is 2. The van der Waals surface area contributed by atoms with E-state index in [1.807, 2.05) is 17.5 Å². The van der Waals surface area contributed by atoms with Crippen LogP contribution < -0.4 is 10.9 Å². The van der Waals surface area contributed by atoms with E-state index in [2.05, 4.69) is 15.2 Å². The number of thiophene rings is 1. The van der Waals surface area contributed by atoms with Crippen LogP contribution in [0.25, 0.3) is 10.6 Å². The van der Waals surface area contributed by atoms with Crippen molar-refractivity contribution in [3.05, 3.63) is 40.0 Å². The summed E-state index contributed by atoms with van der Waals surface area (Å²) in [6.45, 7) is -0.0376. The lowest BCUT2D eigenvalue weighted by Crippen LogP contribution is -2.34. The number of nitrogens with zero attached hydrogens (tertiary/aromatic N) is 2. The number of nitrogens with one attached hydrogen (secondary N) is 1. The monoisotopic (exact) mass is 321 g/mol. The number of hydrogen-bond donors (Lipinski definition) is 1. The number of rotatable bonds is 6. The summed E-state index contributed by atoms with van der Waals surface area (Å²) in [6.07, 6.45) is 0.0831. The Kier molecular flexibility index (Phi) is 5.42. The van der Waals surface area contributed by atoms with Gasteiger partial charge in [0.2, 0.25) is 5.91 Å². The first-order chi connectivity index (χ1) is 10.6. The summed E-state index contributed by atoms with van der Waals surface area (Å²) < 4.78 is 5.57. The molecule has 0 spiro atoms. The fraction of sp³-hybridized carbons (Fsp3) is 0.286. The van der Waals surface area contributed by atoms with E-state index in [1.165, 1.54) is 24.5 Å². The molecule has 0 aliphatic heterocycles. The van der Waals surface area contributed by atoms with E-state index in [0.29, 0.717) is 5.69 Å². The average Bonchev–Trinajstić information content (AvgIpc) is 3.03. The number of methoxy groups -OCH3 is 1. The van der Waals surface area contributed by atoms with E-state index >= 15 is 0 Å². The summed E-state index contributed by atoms with van der Waals surface area (Å²) in [5.74, 6) is -0.794. The third-order valence-electron chi connectivity index (χ3n) is 2.81. The normalized spacial score (nSPS) is 10.2. The minimum Gasteiger partial charge on any atom is -0.469 e. The van der Waals surface area contributed by atoms with Crippen molar-refractivity contribution in [2.24, 2.45) is 0 Å². The van der Waals surface area contributed by atoms with Crippen LogP contribution in [0.1, 0.15) is 6.42 Å². The molecule has 2 heterocycles. The van der Waals surface area contributed by atoms with Crippen LogP contribution in [0.15, 0.2) is 34.4 Å². The van der Waals surface area contributed by atoms with Gasteiger partial charge in [-0.05, 0) is 17.5 Å². The Hall–Kier alpha value is -2.48. The Labute approximate surface area is 130 Å². The first-order valence-corrected chi connectivity index (χ1v) is 7.43. The molecule has 0 aliphatic carbocycles. The lowest BCUT2D eigenvalue weighted by molar-refractivity contribution is -0.140. The van der Waals surface area contributed by atoms with Gasteiger partial charge in [-0.2, -0.15) is 5.10 Å². The molecule has 0 atom stereocenters. The van der Waals surface area contributed by atoms with Gasteiger partial charge in [0.15, 0.2) is 0 Å². The number of esters is 1. The largest absolute Gasteiger partial charge is 0.469 e. The first-order valence-electron chi connectivity index (χ1n) is 6.55. The predicted octanol–water partition coefficient (Wildman–Crippen LogP) is 0.651. The quantitative estimate of drug-likeness (QED) is 0.789. The van der Waals surface area contributed by atoms with Crippen molar-refractivity contribution in [1.29, 1.82) is 0 Å². The highest BCUT2D eigenvalue weighted by molar-refractivity contribution is 7.13. The molecule has 0 radical (unpaired) electrons. The van der Waals surface area contributed by atoms with E-state index in [1.54, 1.807) is 6.07 Å². The zero-order chi connectivity index (χ0) is 15.9. The van der Waals surface area contributed by atoms with Crippen LogP contribution in [0.3, 0.4) is 0 Å². The van der Waals surface area contributed by atoms with E-state index in [-0.39, 0.29) is 31.0 Å². The Bertz CT molecular complexity index is 709. The van der Waals surface area contributed by atoms with Gasteiger partial charge in [-0.1, -0.05) is 6.07 Å². The standard InChI is InChI=1S/C14H15N3O4S/c1-21-14(20)6-7-15-12(18)9-17-13(19)5-4-10(16-17)11-3-2-8-22-11/h2-5,8H,6-7,9H2,1H3,(H,15,18). The van der Waals surface area contributed by atoms with Crippen LogP contribution >= 0.6 is 11.3 Å². The smallest absolute Gasteiger partial charge is 0.307 e. The third-order valence-corrected chi connectivity index (χ3v) is 3.70. The molecule has 7 nitrogen and oxygen atoms in total. The summed E-state index contributed by atoms with van der Waals surface area (Å²) in [5, 5.41) is 8.63. The summed E-state index contributed by atoms with van der Waals surface area (Å²) in [4.78, 5) is 35.4.